The highest BCUT2D eigenvalue weighted by atomic mass is 32.1. The van der Waals surface area contributed by atoms with E-state index in [0.717, 1.165) is 42.8 Å². The third kappa shape index (κ3) is 3.11. The number of aliphatic hydroxyl groups excluding tert-OH is 1. The van der Waals surface area contributed by atoms with E-state index in [1.807, 2.05) is 11.4 Å². The lowest BCUT2D eigenvalue weighted by Gasteiger charge is -2.26. The molecule has 1 fully saturated rings. The number of nitrogens with zero attached hydrogens (tertiary/aromatic N) is 2. The number of aliphatic hydroxyl groups is 1. The Kier molecular flexibility index (Phi) is 3.75. The van der Waals surface area contributed by atoms with Crippen molar-refractivity contribution in [3.8, 4) is 11.3 Å². The van der Waals surface area contributed by atoms with E-state index in [0.29, 0.717) is 6.04 Å². The molecule has 0 saturated heterocycles. The van der Waals surface area contributed by atoms with E-state index in [9.17, 15) is 5.11 Å². The molecule has 1 aliphatic rings. The van der Waals surface area contributed by atoms with Gasteiger partial charge in [-0.05, 0) is 37.1 Å². The van der Waals surface area contributed by atoms with E-state index in [1.54, 1.807) is 17.7 Å². The monoisotopic (exact) mass is 275 g/mol. The maximum atomic E-state index is 9.51. The van der Waals surface area contributed by atoms with Crippen molar-refractivity contribution in [1.29, 1.82) is 0 Å². The Labute approximate surface area is 116 Å². The van der Waals surface area contributed by atoms with Crippen LogP contribution in [0.2, 0.25) is 0 Å². The Hall–Kier alpha value is -1.46. The molecular weight excluding hydrogens is 258 g/mol. The van der Waals surface area contributed by atoms with Gasteiger partial charge in [0.25, 0.3) is 0 Å². The molecule has 0 bridgehead atoms. The smallest absolute Gasteiger partial charge is 0.130 e. The molecule has 2 N–H and O–H groups in total. The van der Waals surface area contributed by atoms with Crippen molar-refractivity contribution in [2.45, 2.75) is 37.8 Å². The van der Waals surface area contributed by atoms with Crippen LogP contribution in [-0.2, 0) is 0 Å². The van der Waals surface area contributed by atoms with Gasteiger partial charge in [0, 0.05) is 23.1 Å². The van der Waals surface area contributed by atoms with Crippen molar-refractivity contribution in [1.82, 2.24) is 9.97 Å². The Morgan fingerprint density at radius 2 is 2.05 bits per heavy atom. The number of thiophene rings is 1. The molecule has 1 saturated carbocycles. The summed E-state index contributed by atoms with van der Waals surface area (Å²) >= 11 is 1.67. The number of anilines is 1. The molecule has 0 amide bonds. The zero-order valence-electron chi connectivity index (χ0n) is 10.6. The first-order valence-electron chi connectivity index (χ1n) is 6.60. The minimum Gasteiger partial charge on any atom is -0.393 e. The van der Waals surface area contributed by atoms with Gasteiger partial charge in [0.05, 0.1) is 11.8 Å². The zero-order valence-corrected chi connectivity index (χ0v) is 11.4. The van der Waals surface area contributed by atoms with E-state index in [1.165, 1.54) is 0 Å². The lowest BCUT2D eigenvalue weighted by atomic mass is 9.93. The van der Waals surface area contributed by atoms with E-state index < -0.39 is 0 Å². The standard InChI is InChI=1S/C14H17N3OS/c18-12-3-1-11(2-4-12)17-14-7-13(15-9-16-14)10-5-6-19-8-10/h5-9,11-12,18H,1-4H2,(H,15,16,17). The van der Waals surface area contributed by atoms with Crippen molar-refractivity contribution in [3.05, 3.63) is 29.2 Å². The highest BCUT2D eigenvalue weighted by molar-refractivity contribution is 7.08. The maximum absolute atomic E-state index is 9.51. The van der Waals surface area contributed by atoms with Crippen molar-refractivity contribution in [3.63, 3.8) is 0 Å². The fraction of sp³-hybridized carbons (Fsp3) is 0.429. The van der Waals surface area contributed by atoms with E-state index in [2.05, 4.69) is 26.7 Å². The predicted octanol–water partition coefficient (Wildman–Crippen LogP) is 2.92. The van der Waals surface area contributed by atoms with Crippen LogP contribution in [0.3, 0.4) is 0 Å². The number of hydrogen-bond donors (Lipinski definition) is 2. The summed E-state index contributed by atoms with van der Waals surface area (Å²) in [7, 11) is 0. The van der Waals surface area contributed by atoms with Gasteiger partial charge < -0.3 is 10.4 Å². The second-order valence-corrected chi connectivity index (χ2v) is 5.73. The topological polar surface area (TPSA) is 58.0 Å². The Morgan fingerprint density at radius 3 is 2.79 bits per heavy atom. The second-order valence-electron chi connectivity index (χ2n) is 4.95. The molecule has 0 radical (unpaired) electrons. The van der Waals surface area contributed by atoms with Crippen LogP contribution in [0.4, 0.5) is 5.82 Å². The van der Waals surface area contributed by atoms with Crippen molar-refractivity contribution in [2.24, 2.45) is 0 Å². The first kappa shape index (κ1) is 12.6. The number of nitrogens with one attached hydrogen (secondary N) is 1. The Balaban J connectivity index is 1.70. The first-order valence-corrected chi connectivity index (χ1v) is 7.55. The molecule has 0 spiro atoms. The molecule has 4 nitrogen and oxygen atoms in total. The number of aromatic nitrogens is 2. The predicted molar refractivity (Wildman–Crippen MR) is 77.2 cm³/mol. The van der Waals surface area contributed by atoms with Crippen molar-refractivity contribution >= 4 is 17.2 Å². The third-order valence-corrected chi connectivity index (χ3v) is 4.22. The Bertz CT molecular complexity index is 521. The molecule has 2 aromatic rings. The highest BCUT2D eigenvalue weighted by Gasteiger charge is 2.19. The zero-order chi connectivity index (χ0) is 13.1. The molecule has 100 valence electrons. The maximum Gasteiger partial charge on any atom is 0.130 e. The number of hydrogen-bond acceptors (Lipinski definition) is 5. The summed E-state index contributed by atoms with van der Waals surface area (Å²) in [6.45, 7) is 0. The molecular formula is C14H17N3OS. The van der Waals surface area contributed by atoms with Crippen LogP contribution in [0.15, 0.2) is 29.2 Å². The molecule has 2 aromatic heterocycles. The van der Waals surface area contributed by atoms with E-state index in [4.69, 9.17) is 0 Å². The summed E-state index contributed by atoms with van der Waals surface area (Å²) in [6.07, 6.45) is 5.23. The first-order chi connectivity index (χ1) is 9.31. The van der Waals surface area contributed by atoms with E-state index in [-0.39, 0.29) is 6.10 Å². The summed E-state index contributed by atoms with van der Waals surface area (Å²) in [5, 5.41) is 17.1. The molecule has 0 aromatic carbocycles. The minimum absolute atomic E-state index is 0.121. The molecule has 0 unspecified atom stereocenters. The fourth-order valence-electron chi connectivity index (χ4n) is 2.43. The number of rotatable bonds is 3. The summed E-state index contributed by atoms with van der Waals surface area (Å²) in [5.41, 5.74) is 2.09. The lowest BCUT2D eigenvalue weighted by molar-refractivity contribution is 0.126. The van der Waals surface area contributed by atoms with Crippen LogP contribution in [0, 0.1) is 0 Å². The minimum atomic E-state index is -0.121. The second kappa shape index (κ2) is 5.67. The molecule has 5 heteroatoms. The fourth-order valence-corrected chi connectivity index (χ4v) is 3.08. The van der Waals surface area contributed by atoms with Gasteiger partial charge in [-0.15, -0.1) is 0 Å². The van der Waals surface area contributed by atoms with Gasteiger partial charge in [-0.1, -0.05) is 0 Å². The van der Waals surface area contributed by atoms with Crippen LogP contribution >= 0.6 is 11.3 Å². The summed E-state index contributed by atoms with van der Waals surface area (Å²) in [5.74, 6) is 0.873. The highest BCUT2D eigenvalue weighted by Crippen LogP contribution is 2.24. The summed E-state index contributed by atoms with van der Waals surface area (Å²) < 4.78 is 0. The van der Waals surface area contributed by atoms with Gasteiger partial charge in [-0.3, -0.25) is 0 Å². The van der Waals surface area contributed by atoms with Crippen molar-refractivity contribution in [2.75, 3.05) is 5.32 Å². The molecule has 2 heterocycles. The van der Waals surface area contributed by atoms with Gasteiger partial charge in [-0.25, -0.2) is 9.97 Å². The van der Waals surface area contributed by atoms with Gasteiger partial charge >= 0.3 is 0 Å². The van der Waals surface area contributed by atoms with Crippen LogP contribution < -0.4 is 5.32 Å². The molecule has 19 heavy (non-hydrogen) atoms. The van der Waals surface area contributed by atoms with Crippen LogP contribution in [0.5, 0.6) is 0 Å². The molecule has 3 rings (SSSR count). The summed E-state index contributed by atoms with van der Waals surface area (Å²) in [6, 6.07) is 4.47. The summed E-state index contributed by atoms with van der Waals surface area (Å²) in [4.78, 5) is 8.58. The average molecular weight is 275 g/mol. The lowest BCUT2D eigenvalue weighted by Crippen LogP contribution is -2.28. The molecule has 0 atom stereocenters. The van der Waals surface area contributed by atoms with Gasteiger partial charge in [0.2, 0.25) is 0 Å². The quantitative estimate of drug-likeness (QED) is 0.904. The Morgan fingerprint density at radius 1 is 1.21 bits per heavy atom. The van der Waals surface area contributed by atoms with Crippen LogP contribution in [0.25, 0.3) is 11.3 Å². The van der Waals surface area contributed by atoms with E-state index >= 15 is 0 Å². The largest absolute Gasteiger partial charge is 0.393 e. The molecule has 0 aliphatic heterocycles. The van der Waals surface area contributed by atoms with Crippen LogP contribution in [0.1, 0.15) is 25.7 Å². The van der Waals surface area contributed by atoms with Crippen LogP contribution in [-0.4, -0.2) is 27.2 Å². The normalized spacial score (nSPS) is 23.2. The van der Waals surface area contributed by atoms with Gasteiger partial charge in [-0.2, -0.15) is 11.3 Å². The molecule has 1 aliphatic carbocycles. The third-order valence-electron chi connectivity index (χ3n) is 3.53. The van der Waals surface area contributed by atoms with Gasteiger partial charge in [0.1, 0.15) is 12.1 Å². The average Bonchev–Trinajstić information content (AvgIpc) is 2.96. The van der Waals surface area contributed by atoms with Gasteiger partial charge in [0.15, 0.2) is 0 Å². The van der Waals surface area contributed by atoms with Crippen molar-refractivity contribution < 1.29 is 5.11 Å². The SMILES string of the molecule is OC1CCC(Nc2cc(-c3ccsc3)ncn2)CC1.